The lowest BCUT2D eigenvalue weighted by atomic mass is 10.1. The Kier molecular flexibility index (Phi) is 4.12. The van der Waals surface area contributed by atoms with Crippen LogP contribution in [0.5, 0.6) is 0 Å². The van der Waals surface area contributed by atoms with Crippen LogP contribution in [0.4, 0.5) is 10.1 Å². The van der Waals surface area contributed by atoms with Gasteiger partial charge in [0.2, 0.25) is 0 Å². The highest BCUT2D eigenvalue weighted by molar-refractivity contribution is 7.85. The van der Waals surface area contributed by atoms with E-state index in [1.54, 1.807) is 0 Å². The Balaban J connectivity index is 2.34. The van der Waals surface area contributed by atoms with Crippen molar-refractivity contribution in [2.75, 3.05) is 24.6 Å². The maximum atomic E-state index is 14.0. The van der Waals surface area contributed by atoms with E-state index < -0.39 is 27.4 Å². The third kappa shape index (κ3) is 2.84. The van der Waals surface area contributed by atoms with Crippen LogP contribution < -0.4 is 0 Å². The molecule has 1 aromatic rings. The number of nitrogens with zero attached hydrogens (tertiary/aromatic N) is 2. The summed E-state index contributed by atoms with van der Waals surface area (Å²) in [6.45, 7) is 1.92. The smallest absolute Gasteiger partial charge is 0.270 e. The first-order chi connectivity index (χ1) is 9.40. The lowest BCUT2D eigenvalue weighted by Crippen LogP contribution is -2.42. The van der Waals surface area contributed by atoms with E-state index in [4.69, 9.17) is 0 Å². The molecule has 6 nitrogen and oxygen atoms in total. The molecule has 8 heteroatoms. The Morgan fingerprint density at radius 1 is 1.40 bits per heavy atom. The number of carbonyl (C=O) groups excluding carboxylic acids is 1. The van der Waals surface area contributed by atoms with Crippen molar-refractivity contribution in [3.63, 3.8) is 0 Å². The van der Waals surface area contributed by atoms with Crippen LogP contribution >= 0.6 is 0 Å². The molecule has 20 heavy (non-hydrogen) atoms. The largest absolute Gasteiger partial charge is 0.337 e. The molecule has 0 atom stereocenters. The van der Waals surface area contributed by atoms with Gasteiger partial charge >= 0.3 is 0 Å². The molecule has 0 aromatic heterocycles. The Morgan fingerprint density at radius 3 is 2.55 bits per heavy atom. The fourth-order valence-electron chi connectivity index (χ4n) is 2.02. The first kappa shape index (κ1) is 14.6. The van der Waals surface area contributed by atoms with Crippen LogP contribution in [0.1, 0.15) is 15.9 Å². The molecule has 0 aliphatic carbocycles. The molecule has 1 aliphatic rings. The minimum atomic E-state index is -0.951. The van der Waals surface area contributed by atoms with E-state index in [9.17, 15) is 23.5 Å². The predicted octanol–water partition coefficient (Wildman–Crippen LogP) is 1.25. The SMILES string of the molecule is Cc1cc([N+](=O)[O-])cc(C(=O)N2CCS(=O)CC2)c1F. The Hall–Kier alpha value is -1.83. The van der Waals surface area contributed by atoms with Gasteiger partial charge < -0.3 is 4.90 Å². The molecule has 2 rings (SSSR count). The number of benzene rings is 1. The second-order valence-corrected chi connectivity index (χ2v) is 6.22. The molecule has 0 bridgehead atoms. The minimum absolute atomic E-state index is 0.0585. The highest BCUT2D eigenvalue weighted by Crippen LogP contribution is 2.22. The van der Waals surface area contributed by atoms with Gasteiger partial charge in [-0.1, -0.05) is 0 Å². The van der Waals surface area contributed by atoms with E-state index >= 15 is 0 Å². The van der Waals surface area contributed by atoms with Crippen LogP contribution in [-0.2, 0) is 10.8 Å². The van der Waals surface area contributed by atoms with E-state index in [-0.39, 0.29) is 29.9 Å². The fourth-order valence-corrected chi connectivity index (χ4v) is 3.08. The zero-order valence-electron chi connectivity index (χ0n) is 10.8. The summed E-state index contributed by atoms with van der Waals surface area (Å²) in [5, 5.41) is 10.8. The highest BCUT2D eigenvalue weighted by atomic mass is 32.2. The van der Waals surface area contributed by atoms with Gasteiger partial charge in [0, 0.05) is 47.5 Å². The molecule has 1 fully saturated rings. The van der Waals surface area contributed by atoms with Gasteiger partial charge in [-0.25, -0.2) is 4.39 Å². The predicted molar refractivity (Wildman–Crippen MR) is 71.6 cm³/mol. The van der Waals surface area contributed by atoms with Crippen molar-refractivity contribution in [1.82, 2.24) is 4.90 Å². The van der Waals surface area contributed by atoms with Gasteiger partial charge in [-0.15, -0.1) is 0 Å². The zero-order valence-corrected chi connectivity index (χ0v) is 11.6. The van der Waals surface area contributed by atoms with Crippen LogP contribution in [0.2, 0.25) is 0 Å². The van der Waals surface area contributed by atoms with Crippen molar-refractivity contribution in [2.45, 2.75) is 6.92 Å². The highest BCUT2D eigenvalue weighted by Gasteiger charge is 2.26. The molecular weight excluding hydrogens is 287 g/mol. The summed E-state index contributed by atoms with van der Waals surface area (Å²) in [4.78, 5) is 23.7. The molecule has 108 valence electrons. The average Bonchev–Trinajstić information content (AvgIpc) is 2.41. The second-order valence-electron chi connectivity index (χ2n) is 4.52. The molecule has 0 N–H and O–H groups in total. The molecule has 0 unspecified atom stereocenters. The standard InChI is InChI=1S/C12H13FN2O4S/c1-8-6-9(15(17)18)7-10(11(8)13)12(16)14-2-4-20(19)5-3-14/h6-7H,2-5H2,1H3. The summed E-state index contributed by atoms with van der Waals surface area (Å²) in [7, 11) is -0.951. The van der Waals surface area contributed by atoms with Crippen molar-refractivity contribution in [3.8, 4) is 0 Å². The molecule has 0 radical (unpaired) electrons. The molecular formula is C12H13FN2O4S. The molecule has 0 spiro atoms. The number of non-ortho nitro benzene ring substituents is 1. The minimum Gasteiger partial charge on any atom is -0.337 e. The van der Waals surface area contributed by atoms with Crippen LogP contribution in [0.3, 0.4) is 0 Å². The van der Waals surface area contributed by atoms with E-state index in [2.05, 4.69) is 0 Å². The summed E-state index contributed by atoms with van der Waals surface area (Å²) in [6.07, 6.45) is 0. The van der Waals surface area contributed by atoms with Crippen LogP contribution in [0.25, 0.3) is 0 Å². The molecule has 1 amide bonds. The zero-order chi connectivity index (χ0) is 14.9. The first-order valence-corrected chi connectivity index (χ1v) is 7.47. The summed E-state index contributed by atoms with van der Waals surface area (Å²) >= 11 is 0. The lowest BCUT2D eigenvalue weighted by Gasteiger charge is -2.26. The van der Waals surface area contributed by atoms with Crippen LogP contribution in [0.15, 0.2) is 12.1 Å². The van der Waals surface area contributed by atoms with Crippen molar-refractivity contribution in [3.05, 3.63) is 39.2 Å². The van der Waals surface area contributed by atoms with Crippen molar-refractivity contribution < 1.29 is 18.3 Å². The third-order valence-electron chi connectivity index (χ3n) is 3.15. The first-order valence-electron chi connectivity index (χ1n) is 5.99. The second kappa shape index (κ2) is 5.66. The maximum absolute atomic E-state index is 14.0. The third-order valence-corrected chi connectivity index (χ3v) is 4.42. The Bertz CT molecular complexity index is 595. The van der Waals surface area contributed by atoms with E-state index in [0.717, 1.165) is 12.1 Å². The quantitative estimate of drug-likeness (QED) is 0.608. The van der Waals surface area contributed by atoms with Crippen molar-refractivity contribution in [2.24, 2.45) is 0 Å². The number of nitro benzene ring substituents is 1. The molecule has 1 saturated heterocycles. The molecule has 1 aromatic carbocycles. The van der Waals surface area contributed by atoms with Gasteiger partial charge in [-0.3, -0.25) is 19.1 Å². The fraction of sp³-hybridized carbons (Fsp3) is 0.417. The van der Waals surface area contributed by atoms with E-state index in [0.29, 0.717) is 11.5 Å². The van der Waals surface area contributed by atoms with Gasteiger partial charge in [-0.05, 0) is 12.5 Å². The van der Waals surface area contributed by atoms with Gasteiger partial charge in [0.1, 0.15) is 5.82 Å². The van der Waals surface area contributed by atoms with Crippen molar-refractivity contribution in [1.29, 1.82) is 0 Å². The maximum Gasteiger partial charge on any atom is 0.270 e. The molecule has 1 aliphatic heterocycles. The summed E-state index contributed by atoms with van der Waals surface area (Å²) < 4.78 is 25.2. The van der Waals surface area contributed by atoms with Gasteiger partial charge in [0.25, 0.3) is 11.6 Å². The number of nitro groups is 1. The van der Waals surface area contributed by atoms with Crippen molar-refractivity contribution >= 4 is 22.4 Å². The number of hydrogen-bond donors (Lipinski definition) is 0. The Morgan fingerprint density at radius 2 is 2.00 bits per heavy atom. The summed E-state index contributed by atoms with van der Waals surface area (Å²) in [5.41, 5.74) is -0.555. The number of hydrogen-bond acceptors (Lipinski definition) is 4. The van der Waals surface area contributed by atoms with E-state index in [1.807, 2.05) is 0 Å². The summed E-state index contributed by atoms with van der Waals surface area (Å²) in [6, 6.07) is 2.05. The number of halogens is 1. The molecule has 0 saturated carbocycles. The van der Waals surface area contributed by atoms with Gasteiger partial charge in [0.15, 0.2) is 0 Å². The molecule has 1 heterocycles. The van der Waals surface area contributed by atoms with E-state index in [1.165, 1.54) is 11.8 Å². The average molecular weight is 300 g/mol. The van der Waals surface area contributed by atoms with Gasteiger partial charge in [0.05, 0.1) is 10.5 Å². The number of rotatable bonds is 2. The number of carbonyl (C=O) groups is 1. The lowest BCUT2D eigenvalue weighted by molar-refractivity contribution is -0.385. The van der Waals surface area contributed by atoms with Gasteiger partial charge in [-0.2, -0.15) is 0 Å². The normalized spacial score (nSPS) is 16.2. The number of aryl methyl sites for hydroxylation is 1. The van der Waals surface area contributed by atoms with Crippen LogP contribution in [-0.4, -0.2) is 44.5 Å². The monoisotopic (exact) mass is 300 g/mol. The Labute approximate surface area is 117 Å². The van der Waals surface area contributed by atoms with Crippen LogP contribution in [0, 0.1) is 22.9 Å². The number of amides is 1. The topological polar surface area (TPSA) is 80.5 Å². The summed E-state index contributed by atoms with van der Waals surface area (Å²) in [5.74, 6) is -0.638.